The minimum Gasteiger partial charge on any atom is -0.493 e. The highest BCUT2D eigenvalue weighted by Crippen LogP contribution is 2.34. The molecule has 1 fully saturated rings. The average molecular weight is 383 g/mol. The zero-order valence-electron chi connectivity index (χ0n) is 14.5. The summed E-state index contributed by atoms with van der Waals surface area (Å²) in [5.41, 5.74) is 2.28. The first-order chi connectivity index (χ1) is 11.7. The minimum absolute atomic E-state index is 0. The van der Waals surface area contributed by atoms with Gasteiger partial charge in [0.25, 0.3) is 0 Å². The second kappa shape index (κ2) is 9.30. The number of methoxy groups -OCH3 is 2. The van der Waals surface area contributed by atoms with Gasteiger partial charge < -0.3 is 14.8 Å². The molecule has 25 heavy (non-hydrogen) atoms. The Morgan fingerprint density at radius 3 is 2.64 bits per heavy atom. The Bertz CT molecular complexity index is 697. The van der Waals surface area contributed by atoms with Gasteiger partial charge in [0.2, 0.25) is 0 Å². The van der Waals surface area contributed by atoms with E-state index in [0.717, 1.165) is 53.8 Å². The van der Waals surface area contributed by atoms with Gasteiger partial charge in [-0.05, 0) is 17.7 Å². The lowest BCUT2D eigenvalue weighted by Gasteiger charge is -2.37. The van der Waals surface area contributed by atoms with E-state index in [2.05, 4.69) is 22.3 Å². The Labute approximate surface area is 160 Å². The standard InChI is InChI=1S/C19H23ClN2O2.ClH/c1-23-18-9-5-6-14(19(18)24-2)13-22-11-10-21-12-17(22)15-7-3-4-8-16(15)20;/h3-9,17,21H,10-13H2,1-2H3;1H. The van der Waals surface area contributed by atoms with Crippen LogP contribution in [-0.2, 0) is 6.54 Å². The number of piperazine rings is 1. The van der Waals surface area contributed by atoms with Crippen LogP contribution in [0.4, 0.5) is 0 Å². The van der Waals surface area contributed by atoms with E-state index in [-0.39, 0.29) is 18.4 Å². The van der Waals surface area contributed by atoms with Crippen molar-refractivity contribution in [3.63, 3.8) is 0 Å². The fraction of sp³-hybridized carbons (Fsp3) is 0.368. The third-order valence-electron chi connectivity index (χ3n) is 4.48. The van der Waals surface area contributed by atoms with Crippen LogP contribution in [-0.4, -0.2) is 38.8 Å². The second-order valence-electron chi connectivity index (χ2n) is 5.86. The van der Waals surface area contributed by atoms with Crippen molar-refractivity contribution in [3.8, 4) is 11.5 Å². The number of benzene rings is 2. The predicted octanol–water partition coefficient (Wildman–Crippen LogP) is 3.93. The molecule has 136 valence electrons. The molecule has 0 saturated carbocycles. The van der Waals surface area contributed by atoms with Gasteiger partial charge in [0.1, 0.15) is 0 Å². The van der Waals surface area contributed by atoms with Crippen LogP contribution < -0.4 is 14.8 Å². The van der Waals surface area contributed by atoms with E-state index in [4.69, 9.17) is 21.1 Å². The molecular formula is C19H24Cl2N2O2. The third-order valence-corrected chi connectivity index (χ3v) is 4.82. The van der Waals surface area contributed by atoms with Gasteiger partial charge in [0.05, 0.1) is 14.2 Å². The molecule has 0 radical (unpaired) electrons. The van der Waals surface area contributed by atoms with Crippen LogP contribution in [0.1, 0.15) is 17.2 Å². The molecule has 0 aromatic heterocycles. The van der Waals surface area contributed by atoms with Gasteiger partial charge in [-0.1, -0.05) is 41.9 Å². The van der Waals surface area contributed by atoms with Gasteiger partial charge in [-0.15, -0.1) is 12.4 Å². The largest absolute Gasteiger partial charge is 0.493 e. The molecule has 1 saturated heterocycles. The van der Waals surface area contributed by atoms with Crippen LogP contribution >= 0.6 is 24.0 Å². The summed E-state index contributed by atoms with van der Waals surface area (Å²) >= 11 is 6.43. The zero-order chi connectivity index (χ0) is 16.9. The molecule has 4 nitrogen and oxygen atoms in total. The molecule has 1 unspecified atom stereocenters. The lowest BCUT2D eigenvalue weighted by Crippen LogP contribution is -2.45. The second-order valence-corrected chi connectivity index (χ2v) is 6.27. The monoisotopic (exact) mass is 382 g/mol. The van der Waals surface area contributed by atoms with Crippen LogP contribution in [0.2, 0.25) is 5.02 Å². The summed E-state index contributed by atoms with van der Waals surface area (Å²) in [5.74, 6) is 1.57. The van der Waals surface area contributed by atoms with E-state index in [1.165, 1.54) is 0 Å². The van der Waals surface area contributed by atoms with Crippen LogP contribution in [0.5, 0.6) is 11.5 Å². The van der Waals surface area contributed by atoms with E-state index in [0.29, 0.717) is 0 Å². The van der Waals surface area contributed by atoms with Gasteiger partial charge in [-0.3, -0.25) is 4.90 Å². The molecule has 0 amide bonds. The Morgan fingerprint density at radius 1 is 1.12 bits per heavy atom. The van der Waals surface area contributed by atoms with Crippen molar-refractivity contribution in [1.82, 2.24) is 10.2 Å². The average Bonchev–Trinajstić information content (AvgIpc) is 2.62. The highest BCUT2D eigenvalue weighted by atomic mass is 35.5. The molecule has 3 rings (SSSR count). The maximum Gasteiger partial charge on any atom is 0.165 e. The topological polar surface area (TPSA) is 33.7 Å². The summed E-state index contributed by atoms with van der Waals surface area (Å²) < 4.78 is 11.0. The van der Waals surface area contributed by atoms with Gasteiger partial charge in [-0.25, -0.2) is 0 Å². The highest BCUT2D eigenvalue weighted by molar-refractivity contribution is 6.31. The molecule has 2 aromatic carbocycles. The number of nitrogens with zero attached hydrogens (tertiary/aromatic N) is 1. The molecule has 6 heteroatoms. The molecule has 1 atom stereocenters. The predicted molar refractivity (Wildman–Crippen MR) is 104 cm³/mol. The van der Waals surface area contributed by atoms with Crippen molar-refractivity contribution in [2.75, 3.05) is 33.9 Å². The number of para-hydroxylation sites is 1. The summed E-state index contributed by atoms with van der Waals surface area (Å²) in [6.07, 6.45) is 0. The summed E-state index contributed by atoms with van der Waals surface area (Å²) in [6.45, 7) is 3.59. The number of ether oxygens (including phenoxy) is 2. The van der Waals surface area contributed by atoms with E-state index in [1.54, 1.807) is 14.2 Å². The van der Waals surface area contributed by atoms with E-state index >= 15 is 0 Å². The van der Waals surface area contributed by atoms with Gasteiger partial charge >= 0.3 is 0 Å². The Balaban J connectivity index is 0.00000225. The van der Waals surface area contributed by atoms with Gasteiger partial charge in [0.15, 0.2) is 11.5 Å². The number of nitrogens with one attached hydrogen (secondary N) is 1. The number of hydrogen-bond acceptors (Lipinski definition) is 4. The maximum absolute atomic E-state index is 6.43. The first-order valence-corrected chi connectivity index (χ1v) is 8.51. The smallest absolute Gasteiger partial charge is 0.165 e. The van der Waals surface area contributed by atoms with Gasteiger partial charge in [0, 0.05) is 42.8 Å². The fourth-order valence-corrected chi connectivity index (χ4v) is 3.55. The van der Waals surface area contributed by atoms with Crippen LogP contribution in [0.15, 0.2) is 42.5 Å². The highest BCUT2D eigenvalue weighted by Gasteiger charge is 2.26. The fourth-order valence-electron chi connectivity index (χ4n) is 3.28. The maximum atomic E-state index is 6.43. The molecule has 1 heterocycles. The molecular weight excluding hydrogens is 359 g/mol. The lowest BCUT2D eigenvalue weighted by atomic mass is 10.0. The molecule has 1 N–H and O–H groups in total. The van der Waals surface area contributed by atoms with Crippen LogP contribution in [0.3, 0.4) is 0 Å². The van der Waals surface area contributed by atoms with Crippen molar-refractivity contribution >= 4 is 24.0 Å². The SMILES string of the molecule is COc1cccc(CN2CCNCC2c2ccccc2Cl)c1OC.Cl. The molecule has 2 aromatic rings. The van der Waals surface area contributed by atoms with E-state index < -0.39 is 0 Å². The first-order valence-electron chi connectivity index (χ1n) is 8.13. The van der Waals surface area contributed by atoms with Crippen LogP contribution in [0.25, 0.3) is 0 Å². The molecule has 1 aliphatic heterocycles. The lowest BCUT2D eigenvalue weighted by molar-refractivity contribution is 0.152. The minimum atomic E-state index is 0. The van der Waals surface area contributed by atoms with Crippen LogP contribution in [0, 0.1) is 0 Å². The van der Waals surface area contributed by atoms with E-state index in [9.17, 15) is 0 Å². The van der Waals surface area contributed by atoms with Crippen molar-refractivity contribution in [1.29, 1.82) is 0 Å². The van der Waals surface area contributed by atoms with Crippen molar-refractivity contribution in [2.24, 2.45) is 0 Å². The molecule has 0 aliphatic carbocycles. The summed E-state index contributed by atoms with van der Waals surface area (Å²) in [4.78, 5) is 2.44. The zero-order valence-corrected chi connectivity index (χ0v) is 16.1. The normalized spacial score (nSPS) is 17.6. The Morgan fingerprint density at radius 2 is 1.92 bits per heavy atom. The molecule has 0 spiro atoms. The molecule has 0 bridgehead atoms. The summed E-state index contributed by atoms with van der Waals surface area (Å²) in [7, 11) is 3.35. The molecule has 1 aliphatic rings. The quantitative estimate of drug-likeness (QED) is 0.849. The number of rotatable bonds is 5. The van der Waals surface area contributed by atoms with Crippen molar-refractivity contribution < 1.29 is 9.47 Å². The van der Waals surface area contributed by atoms with Crippen molar-refractivity contribution in [3.05, 3.63) is 58.6 Å². The Hall–Kier alpha value is -1.46. The number of hydrogen-bond donors (Lipinski definition) is 1. The third kappa shape index (κ3) is 4.39. The number of halogens is 2. The Kier molecular flexibility index (Phi) is 7.38. The van der Waals surface area contributed by atoms with Crippen molar-refractivity contribution in [2.45, 2.75) is 12.6 Å². The summed E-state index contributed by atoms with van der Waals surface area (Å²) in [5, 5.41) is 4.28. The first kappa shape index (κ1) is 19.9. The summed E-state index contributed by atoms with van der Waals surface area (Å²) in [6, 6.07) is 14.3. The van der Waals surface area contributed by atoms with E-state index in [1.807, 2.05) is 30.3 Å². The van der Waals surface area contributed by atoms with Gasteiger partial charge in [-0.2, -0.15) is 0 Å².